The van der Waals surface area contributed by atoms with Crippen molar-refractivity contribution in [3.8, 4) is 0 Å². The Bertz CT molecular complexity index is 625. The number of hydrogen-bond donors (Lipinski definition) is 2. The molecular formula is C18H28N4O2S. The SMILES string of the molecule is CCc1nc(C)c(C(=O)N2CCCC(CNC(=O)C3CCCN3)C2)s1. The van der Waals surface area contributed by atoms with Crippen LogP contribution in [-0.2, 0) is 11.2 Å². The van der Waals surface area contributed by atoms with Crippen LogP contribution in [0.25, 0.3) is 0 Å². The molecule has 25 heavy (non-hydrogen) atoms. The predicted octanol–water partition coefficient (Wildman–Crippen LogP) is 1.73. The highest BCUT2D eigenvalue weighted by atomic mass is 32.1. The van der Waals surface area contributed by atoms with Gasteiger partial charge in [0.2, 0.25) is 5.91 Å². The van der Waals surface area contributed by atoms with Gasteiger partial charge in [-0.25, -0.2) is 4.98 Å². The molecule has 0 bridgehead atoms. The van der Waals surface area contributed by atoms with Gasteiger partial charge in [0.1, 0.15) is 4.88 Å². The number of piperidine rings is 1. The minimum Gasteiger partial charge on any atom is -0.354 e. The van der Waals surface area contributed by atoms with Crippen LogP contribution >= 0.6 is 11.3 Å². The number of nitrogens with zero attached hydrogens (tertiary/aromatic N) is 2. The standard InChI is InChI=1S/C18H28N4O2S/c1-3-15-21-12(2)16(25-15)18(24)22-9-5-6-13(11-22)10-20-17(23)14-7-4-8-19-14/h13-14,19H,3-11H2,1-2H3,(H,20,23). The minimum atomic E-state index is -0.0337. The molecule has 3 rings (SSSR count). The van der Waals surface area contributed by atoms with Crippen molar-refractivity contribution in [3.05, 3.63) is 15.6 Å². The molecule has 1 aromatic rings. The van der Waals surface area contributed by atoms with Crippen LogP contribution in [0.4, 0.5) is 0 Å². The number of rotatable bonds is 5. The first-order valence-electron chi connectivity index (χ1n) is 9.35. The molecule has 6 nitrogen and oxygen atoms in total. The van der Waals surface area contributed by atoms with E-state index in [9.17, 15) is 9.59 Å². The number of aryl methyl sites for hydroxylation is 2. The zero-order chi connectivity index (χ0) is 17.8. The number of aromatic nitrogens is 1. The first-order chi connectivity index (χ1) is 12.1. The van der Waals surface area contributed by atoms with Gasteiger partial charge in [-0.1, -0.05) is 6.92 Å². The van der Waals surface area contributed by atoms with Crippen LogP contribution in [0.5, 0.6) is 0 Å². The number of hydrogen-bond acceptors (Lipinski definition) is 5. The molecule has 2 aliphatic heterocycles. The largest absolute Gasteiger partial charge is 0.354 e. The van der Waals surface area contributed by atoms with Crippen molar-refractivity contribution in [1.29, 1.82) is 0 Å². The lowest BCUT2D eigenvalue weighted by atomic mass is 9.97. The molecule has 2 aliphatic rings. The maximum absolute atomic E-state index is 12.8. The second-order valence-electron chi connectivity index (χ2n) is 7.03. The van der Waals surface area contributed by atoms with Gasteiger partial charge < -0.3 is 15.5 Å². The van der Waals surface area contributed by atoms with E-state index >= 15 is 0 Å². The van der Waals surface area contributed by atoms with Crippen LogP contribution in [0, 0.1) is 12.8 Å². The van der Waals surface area contributed by atoms with Crippen molar-refractivity contribution in [3.63, 3.8) is 0 Å². The number of carbonyl (C=O) groups excluding carboxylic acids is 2. The van der Waals surface area contributed by atoms with Crippen molar-refractivity contribution >= 4 is 23.2 Å². The Kier molecular flexibility index (Phi) is 6.06. The van der Waals surface area contributed by atoms with Crippen LogP contribution in [0.2, 0.25) is 0 Å². The van der Waals surface area contributed by atoms with E-state index in [2.05, 4.69) is 22.5 Å². The van der Waals surface area contributed by atoms with Crippen molar-refractivity contribution in [2.75, 3.05) is 26.2 Å². The molecular weight excluding hydrogens is 336 g/mol. The molecule has 2 saturated heterocycles. The van der Waals surface area contributed by atoms with Gasteiger partial charge in [-0.05, 0) is 51.5 Å². The number of amides is 2. The maximum Gasteiger partial charge on any atom is 0.265 e. The average Bonchev–Trinajstić information content (AvgIpc) is 3.29. The maximum atomic E-state index is 12.8. The summed E-state index contributed by atoms with van der Waals surface area (Å²) < 4.78 is 0. The molecule has 2 N–H and O–H groups in total. The quantitative estimate of drug-likeness (QED) is 0.834. The number of thiazole rings is 1. The zero-order valence-corrected chi connectivity index (χ0v) is 16.0. The van der Waals surface area contributed by atoms with Gasteiger partial charge in [0.15, 0.2) is 0 Å². The zero-order valence-electron chi connectivity index (χ0n) is 15.1. The van der Waals surface area contributed by atoms with Gasteiger partial charge in [-0.15, -0.1) is 11.3 Å². The Balaban J connectivity index is 1.54. The molecule has 7 heteroatoms. The molecule has 3 heterocycles. The van der Waals surface area contributed by atoms with Crippen molar-refractivity contribution in [2.45, 2.75) is 52.0 Å². The molecule has 0 radical (unpaired) electrons. The monoisotopic (exact) mass is 364 g/mol. The summed E-state index contributed by atoms with van der Waals surface area (Å²) in [6.07, 6.45) is 4.91. The Morgan fingerprint density at radius 1 is 1.36 bits per heavy atom. The van der Waals surface area contributed by atoms with Crippen LogP contribution in [0.3, 0.4) is 0 Å². The summed E-state index contributed by atoms with van der Waals surface area (Å²) in [5.41, 5.74) is 0.842. The molecule has 2 fully saturated rings. The van der Waals surface area contributed by atoms with Crippen LogP contribution in [0.15, 0.2) is 0 Å². The van der Waals surface area contributed by atoms with Crippen molar-refractivity contribution < 1.29 is 9.59 Å². The van der Waals surface area contributed by atoms with E-state index in [0.29, 0.717) is 12.5 Å². The average molecular weight is 365 g/mol. The van der Waals surface area contributed by atoms with E-state index in [1.54, 1.807) is 0 Å². The third-order valence-electron chi connectivity index (χ3n) is 5.09. The summed E-state index contributed by atoms with van der Waals surface area (Å²) in [6, 6.07) is -0.0337. The van der Waals surface area contributed by atoms with Crippen molar-refractivity contribution in [1.82, 2.24) is 20.5 Å². The van der Waals surface area contributed by atoms with Gasteiger partial charge in [0.25, 0.3) is 5.91 Å². The van der Waals surface area contributed by atoms with Crippen LogP contribution < -0.4 is 10.6 Å². The highest BCUT2D eigenvalue weighted by Gasteiger charge is 2.28. The normalized spacial score (nSPS) is 23.7. The van der Waals surface area contributed by atoms with Crippen LogP contribution in [-0.4, -0.2) is 53.9 Å². The lowest BCUT2D eigenvalue weighted by Crippen LogP contribution is -2.46. The molecule has 2 atom stereocenters. The number of nitrogens with one attached hydrogen (secondary N) is 2. The van der Waals surface area contributed by atoms with E-state index in [4.69, 9.17) is 0 Å². The minimum absolute atomic E-state index is 0.0337. The fourth-order valence-corrected chi connectivity index (χ4v) is 4.61. The Morgan fingerprint density at radius 2 is 2.20 bits per heavy atom. The lowest BCUT2D eigenvalue weighted by Gasteiger charge is -2.33. The highest BCUT2D eigenvalue weighted by molar-refractivity contribution is 7.13. The molecule has 2 amide bonds. The Labute approximate surface area is 153 Å². The summed E-state index contributed by atoms with van der Waals surface area (Å²) in [5.74, 6) is 0.539. The third kappa shape index (κ3) is 4.39. The van der Waals surface area contributed by atoms with Gasteiger partial charge in [0, 0.05) is 19.6 Å². The Hall–Kier alpha value is -1.47. The highest BCUT2D eigenvalue weighted by Crippen LogP contribution is 2.24. The summed E-state index contributed by atoms with van der Waals surface area (Å²) in [4.78, 5) is 32.2. The summed E-state index contributed by atoms with van der Waals surface area (Å²) >= 11 is 1.52. The molecule has 0 spiro atoms. The fraction of sp³-hybridized carbons (Fsp3) is 0.722. The van der Waals surface area contributed by atoms with E-state index in [0.717, 1.165) is 67.3 Å². The molecule has 0 aromatic carbocycles. The van der Waals surface area contributed by atoms with Gasteiger partial charge in [-0.2, -0.15) is 0 Å². The molecule has 0 aliphatic carbocycles. The second-order valence-corrected chi connectivity index (χ2v) is 8.11. The summed E-state index contributed by atoms with van der Waals surface area (Å²) in [5, 5.41) is 7.31. The van der Waals surface area contributed by atoms with E-state index in [1.165, 1.54) is 11.3 Å². The summed E-state index contributed by atoms with van der Waals surface area (Å²) in [7, 11) is 0. The van der Waals surface area contributed by atoms with Gasteiger partial charge in [0.05, 0.1) is 16.7 Å². The van der Waals surface area contributed by atoms with E-state index in [-0.39, 0.29) is 17.9 Å². The second kappa shape index (κ2) is 8.27. The number of likely N-dealkylation sites (tertiary alicyclic amines) is 1. The first kappa shape index (κ1) is 18.3. The van der Waals surface area contributed by atoms with E-state index in [1.807, 2.05) is 11.8 Å². The molecule has 2 unspecified atom stereocenters. The first-order valence-corrected chi connectivity index (χ1v) is 10.2. The topological polar surface area (TPSA) is 74.3 Å². The van der Waals surface area contributed by atoms with Gasteiger partial charge >= 0.3 is 0 Å². The fourth-order valence-electron chi connectivity index (χ4n) is 3.64. The predicted molar refractivity (Wildman–Crippen MR) is 98.9 cm³/mol. The molecule has 0 saturated carbocycles. The molecule has 138 valence electrons. The lowest BCUT2D eigenvalue weighted by molar-refractivity contribution is -0.123. The van der Waals surface area contributed by atoms with Crippen molar-refractivity contribution in [2.24, 2.45) is 5.92 Å². The Morgan fingerprint density at radius 3 is 2.88 bits per heavy atom. The van der Waals surface area contributed by atoms with Crippen LogP contribution in [0.1, 0.15) is 53.0 Å². The molecule has 1 aromatic heterocycles. The number of carbonyl (C=O) groups is 2. The summed E-state index contributed by atoms with van der Waals surface area (Å²) in [6.45, 7) is 7.08. The van der Waals surface area contributed by atoms with Gasteiger partial charge in [-0.3, -0.25) is 9.59 Å². The van der Waals surface area contributed by atoms with E-state index < -0.39 is 0 Å². The smallest absolute Gasteiger partial charge is 0.265 e. The third-order valence-corrected chi connectivity index (χ3v) is 6.38.